The number of alkyl halides is 2. The molecule has 1 rings (SSSR count). The number of halogens is 2. The quantitative estimate of drug-likeness (QED) is 0.780. The van der Waals surface area contributed by atoms with Crippen LogP contribution in [0.3, 0.4) is 0 Å². The molecule has 0 saturated heterocycles. The molecule has 0 aliphatic carbocycles. The molecule has 4 heteroatoms. The van der Waals surface area contributed by atoms with Crippen molar-refractivity contribution in [3.8, 4) is 0 Å². The molecular weight excluding hydrogens is 188 g/mol. The Kier molecular flexibility index (Phi) is 3.18. The molecule has 1 aromatic carbocycles. The van der Waals surface area contributed by atoms with Gasteiger partial charge in [0.1, 0.15) is 6.61 Å². The van der Waals surface area contributed by atoms with Crippen molar-refractivity contribution in [2.45, 2.75) is 18.9 Å². The molecule has 0 saturated carbocycles. The van der Waals surface area contributed by atoms with Crippen molar-refractivity contribution < 1.29 is 13.9 Å². The van der Waals surface area contributed by atoms with Crippen molar-refractivity contribution in [3.63, 3.8) is 0 Å². The van der Waals surface area contributed by atoms with Gasteiger partial charge < -0.3 is 10.8 Å². The maximum atomic E-state index is 13.0. The minimum absolute atomic E-state index is 0.337. The molecule has 0 bridgehead atoms. The zero-order valence-electron chi connectivity index (χ0n) is 7.87. The molecule has 2 nitrogen and oxygen atoms in total. The monoisotopic (exact) mass is 201 g/mol. The van der Waals surface area contributed by atoms with Crippen LogP contribution >= 0.6 is 0 Å². The number of benzene rings is 1. The molecule has 3 N–H and O–H groups in total. The Labute approximate surface area is 81.4 Å². The van der Waals surface area contributed by atoms with Crippen LogP contribution in [0.15, 0.2) is 24.3 Å². The van der Waals surface area contributed by atoms with E-state index in [9.17, 15) is 8.78 Å². The second-order valence-electron chi connectivity index (χ2n) is 3.31. The number of hydrogen-bond acceptors (Lipinski definition) is 2. The number of hydrogen-bond donors (Lipinski definition) is 2. The first kappa shape index (κ1) is 11.1. The van der Waals surface area contributed by atoms with Crippen molar-refractivity contribution in [1.29, 1.82) is 0 Å². The molecule has 0 amide bonds. The van der Waals surface area contributed by atoms with E-state index >= 15 is 0 Å². The summed E-state index contributed by atoms with van der Waals surface area (Å²) in [4.78, 5) is 0. The lowest BCUT2D eigenvalue weighted by Gasteiger charge is -2.21. The van der Waals surface area contributed by atoms with Crippen LogP contribution in [0.2, 0.25) is 0 Å². The number of rotatable bonds is 3. The molecule has 0 unspecified atom stereocenters. The molecule has 0 heterocycles. The minimum Gasteiger partial charge on any atom is -0.390 e. The molecule has 0 fully saturated rings. The molecule has 0 aliphatic heterocycles. The second kappa shape index (κ2) is 4.02. The number of aliphatic hydroxyl groups is 1. The lowest BCUT2D eigenvalue weighted by Crippen LogP contribution is -2.36. The third-order valence-electron chi connectivity index (χ3n) is 2.07. The summed E-state index contributed by atoms with van der Waals surface area (Å²) in [6.45, 7) is 0.565. The van der Waals surface area contributed by atoms with Gasteiger partial charge in [-0.25, -0.2) is 8.78 Å². The Morgan fingerprint density at radius 1 is 1.50 bits per heavy atom. The average Bonchev–Trinajstić information content (AvgIpc) is 2.16. The van der Waals surface area contributed by atoms with E-state index in [1.807, 2.05) is 0 Å². The minimum atomic E-state index is -3.27. The van der Waals surface area contributed by atoms with Gasteiger partial charge in [0.05, 0.1) is 6.04 Å². The molecule has 0 radical (unpaired) electrons. The van der Waals surface area contributed by atoms with Crippen LogP contribution in [-0.4, -0.2) is 17.6 Å². The molecule has 78 valence electrons. The molecule has 14 heavy (non-hydrogen) atoms. The highest BCUT2D eigenvalue weighted by Gasteiger charge is 2.37. The van der Waals surface area contributed by atoms with Gasteiger partial charge in [-0.1, -0.05) is 29.8 Å². The molecule has 0 aliphatic rings. The highest BCUT2D eigenvalue weighted by atomic mass is 19.3. The van der Waals surface area contributed by atoms with Crippen molar-refractivity contribution in [1.82, 2.24) is 0 Å². The van der Waals surface area contributed by atoms with Crippen LogP contribution in [0.1, 0.15) is 17.2 Å². The summed E-state index contributed by atoms with van der Waals surface area (Å²) < 4.78 is 26.0. The first-order valence-electron chi connectivity index (χ1n) is 4.28. The summed E-state index contributed by atoms with van der Waals surface area (Å²) in [5, 5.41) is 8.47. The van der Waals surface area contributed by atoms with E-state index < -0.39 is 18.6 Å². The average molecular weight is 201 g/mol. The van der Waals surface area contributed by atoms with E-state index in [4.69, 9.17) is 10.8 Å². The van der Waals surface area contributed by atoms with Gasteiger partial charge in [-0.15, -0.1) is 0 Å². The van der Waals surface area contributed by atoms with E-state index in [1.165, 1.54) is 6.07 Å². The summed E-state index contributed by atoms with van der Waals surface area (Å²) >= 11 is 0. The Morgan fingerprint density at radius 2 is 2.14 bits per heavy atom. The maximum absolute atomic E-state index is 13.0. The molecule has 0 spiro atoms. The van der Waals surface area contributed by atoms with Crippen molar-refractivity contribution in [2.75, 3.05) is 6.61 Å². The number of aliphatic hydroxyl groups excluding tert-OH is 1. The SMILES string of the molecule is Cc1cccc([C@@H](N)C(F)(F)CO)c1. The van der Waals surface area contributed by atoms with Crippen LogP contribution in [0.5, 0.6) is 0 Å². The predicted molar refractivity (Wildman–Crippen MR) is 50.1 cm³/mol. The van der Waals surface area contributed by atoms with Gasteiger partial charge >= 0.3 is 0 Å². The van der Waals surface area contributed by atoms with E-state index in [-0.39, 0.29) is 0 Å². The predicted octanol–water partition coefficient (Wildman–Crippen LogP) is 1.62. The summed E-state index contributed by atoms with van der Waals surface area (Å²) in [6.07, 6.45) is 0. The van der Waals surface area contributed by atoms with Gasteiger partial charge in [-0.2, -0.15) is 0 Å². The van der Waals surface area contributed by atoms with Gasteiger partial charge in [0, 0.05) is 0 Å². The summed E-state index contributed by atoms with van der Waals surface area (Å²) in [5.41, 5.74) is 6.55. The van der Waals surface area contributed by atoms with Gasteiger partial charge in [-0.3, -0.25) is 0 Å². The normalized spacial score (nSPS) is 14.1. The van der Waals surface area contributed by atoms with Gasteiger partial charge in [0.25, 0.3) is 5.92 Å². The number of aryl methyl sites for hydroxylation is 1. The standard InChI is InChI=1S/C10H13F2NO/c1-7-3-2-4-8(5-7)9(13)10(11,12)6-14/h2-5,9,14H,6,13H2,1H3/t9-/m1/s1. The zero-order chi connectivity index (χ0) is 10.8. The highest BCUT2D eigenvalue weighted by molar-refractivity contribution is 5.26. The van der Waals surface area contributed by atoms with E-state index in [1.54, 1.807) is 25.1 Å². The van der Waals surface area contributed by atoms with E-state index in [2.05, 4.69) is 0 Å². The fourth-order valence-electron chi connectivity index (χ4n) is 1.21. The third-order valence-corrected chi connectivity index (χ3v) is 2.07. The molecule has 0 aromatic heterocycles. The summed E-state index contributed by atoms with van der Waals surface area (Å²) in [5.74, 6) is -3.27. The lowest BCUT2D eigenvalue weighted by molar-refractivity contribution is -0.0711. The van der Waals surface area contributed by atoms with E-state index in [0.29, 0.717) is 5.56 Å². The smallest absolute Gasteiger partial charge is 0.289 e. The van der Waals surface area contributed by atoms with Crippen LogP contribution in [0, 0.1) is 6.92 Å². The highest BCUT2D eigenvalue weighted by Crippen LogP contribution is 2.28. The Balaban J connectivity index is 2.94. The van der Waals surface area contributed by atoms with Crippen LogP contribution in [0.25, 0.3) is 0 Å². The summed E-state index contributed by atoms with van der Waals surface area (Å²) in [6, 6.07) is 5.13. The zero-order valence-corrected chi connectivity index (χ0v) is 7.87. The Hall–Kier alpha value is -1.00. The third kappa shape index (κ3) is 2.27. The van der Waals surface area contributed by atoms with Crippen LogP contribution in [-0.2, 0) is 0 Å². The molecule has 1 atom stereocenters. The maximum Gasteiger partial charge on any atom is 0.289 e. The Bertz CT molecular complexity index is 315. The second-order valence-corrected chi connectivity index (χ2v) is 3.31. The number of nitrogens with two attached hydrogens (primary N) is 1. The first-order chi connectivity index (χ1) is 6.47. The Morgan fingerprint density at radius 3 is 2.64 bits per heavy atom. The first-order valence-corrected chi connectivity index (χ1v) is 4.28. The van der Waals surface area contributed by atoms with Crippen molar-refractivity contribution in [2.24, 2.45) is 5.73 Å². The van der Waals surface area contributed by atoms with E-state index in [0.717, 1.165) is 5.56 Å². The topological polar surface area (TPSA) is 46.2 Å². The molecule has 1 aromatic rings. The van der Waals surface area contributed by atoms with Crippen molar-refractivity contribution in [3.05, 3.63) is 35.4 Å². The van der Waals surface area contributed by atoms with Gasteiger partial charge in [0.2, 0.25) is 0 Å². The van der Waals surface area contributed by atoms with Crippen LogP contribution < -0.4 is 5.73 Å². The fourth-order valence-corrected chi connectivity index (χ4v) is 1.21. The largest absolute Gasteiger partial charge is 0.390 e. The van der Waals surface area contributed by atoms with Gasteiger partial charge in [-0.05, 0) is 12.5 Å². The fraction of sp³-hybridized carbons (Fsp3) is 0.400. The van der Waals surface area contributed by atoms with Gasteiger partial charge in [0.15, 0.2) is 0 Å². The lowest BCUT2D eigenvalue weighted by atomic mass is 10.0. The van der Waals surface area contributed by atoms with Crippen molar-refractivity contribution >= 4 is 0 Å². The summed E-state index contributed by atoms with van der Waals surface area (Å²) in [7, 11) is 0. The molecular formula is C10H13F2NO. The van der Waals surface area contributed by atoms with Crippen LogP contribution in [0.4, 0.5) is 8.78 Å².